The van der Waals surface area contributed by atoms with Crippen molar-refractivity contribution in [3.63, 3.8) is 0 Å². The number of imidazole rings is 1. The molecule has 0 radical (unpaired) electrons. The quantitative estimate of drug-likeness (QED) is 0.493. The highest BCUT2D eigenvalue weighted by Crippen LogP contribution is 2.26. The number of aryl methyl sites for hydroxylation is 1. The van der Waals surface area contributed by atoms with Crippen molar-refractivity contribution in [2.24, 2.45) is 7.05 Å². The normalized spacial score (nSPS) is 14.9. The first-order valence-corrected chi connectivity index (χ1v) is 11.5. The van der Waals surface area contributed by atoms with E-state index in [1.165, 1.54) is 0 Å². The summed E-state index contributed by atoms with van der Waals surface area (Å²) in [5.74, 6) is 1.13. The number of hydrogen-bond acceptors (Lipinski definition) is 6. The maximum absolute atomic E-state index is 13.0. The van der Waals surface area contributed by atoms with E-state index in [0.717, 1.165) is 53.8 Å². The Bertz CT molecular complexity index is 1320. The molecule has 1 fully saturated rings. The van der Waals surface area contributed by atoms with Gasteiger partial charge in [0.25, 0.3) is 5.91 Å². The smallest absolute Gasteiger partial charge is 0.257 e. The summed E-state index contributed by atoms with van der Waals surface area (Å²) in [5.41, 5.74) is 2.66. The van der Waals surface area contributed by atoms with Gasteiger partial charge in [-0.1, -0.05) is 12.1 Å². The second-order valence-corrected chi connectivity index (χ2v) is 9.02. The molecule has 1 aliphatic heterocycles. The number of carbonyl (C=O) groups excluding carboxylic acids is 1. The third-order valence-electron chi connectivity index (χ3n) is 6.68. The zero-order chi connectivity index (χ0) is 23.7. The van der Waals surface area contributed by atoms with E-state index in [1.807, 2.05) is 36.0 Å². The number of nitrogens with one attached hydrogen (secondary N) is 1. The van der Waals surface area contributed by atoms with Gasteiger partial charge in [0, 0.05) is 49.0 Å². The Kier molecular flexibility index (Phi) is 5.98. The number of rotatable bonds is 5. The summed E-state index contributed by atoms with van der Waals surface area (Å²) in [5, 5.41) is 4.96. The number of aromatic nitrogens is 4. The number of pyridine rings is 2. The molecule has 3 aromatic heterocycles. The first kappa shape index (κ1) is 22.0. The summed E-state index contributed by atoms with van der Waals surface area (Å²) in [6.45, 7) is 2.15. The van der Waals surface area contributed by atoms with Gasteiger partial charge in [-0.05, 0) is 62.6 Å². The van der Waals surface area contributed by atoms with Gasteiger partial charge in [-0.2, -0.15) is 0 Å². The molecule has 8 heteroatoms. The van der Waals surface area contributed by atoms with E-state index in [2.05, 4.69) is 56.3 Å². The number of amides is 1. The van der Waals surface area contributed by atoms with Crippen molar-refractivity contribution >= 4 is 28.3 Å². The topological polar surface area (TPSA) is 79.2 Å². The molecule has 1 amide bonds. The van der Waals surface area contributed by atoms with Crippen LogP contribution in [0, 0.1) is 0 Å². The largest absolute Gasteiger partial charge is 0.357 e. The second kappa shape index (κ2) is 9.23. The molecule has 0 bridgehead atoms. The zero-order valence-corrected chi connectivity index (χ0v) is 19.8. The number of hydrogen-bond donors (Lipinski definition) is 1. The number of likely N-dealkylation sites (tertiary alicyclic amines) is 1. The molecule has 0 unspecified atom stereocenters. The van der Waals surface area contributed by atoms with Crippen LogP contribution in [0.5, 0.6) is 0 Å². The van der Waals surface area contributed by atoms with Crippen LogP contribution in [-0.4, -0.2) is 63.6 Å². The minimum absolute atomic E-state index is 0.199. The van der Waals surface area contributed by atoms with E-state index < -0.39 is 0 Å². The molecule has 4 aromatic rings. The van der Waals surface area contributed by atoms with Crippen LogP contribution in [0.15, 0.2) is 61.3 Å². The van der Waals surface area contributed by atoms with Gasteiger partial charge in [-0.15, -0.1) is 0 Å². The predicted molar refractivity (Wildman–Crippen MR) is 135 cm³/mol. The van der Waals surface area contributed by atoms with Gasteiger partial charge >= 0.3 is 0 Å². The van der Waals surface area contributed by atoms with Gasteiger partial charge in [0.2, 0.25) is 0 Å². The van der Waals surface area contributed by atoms with Gasteiger partial charge in [0.15, 0.2) is 0 Å². The lowest BCUT2D eigenvalue weighted by molar-refractivity contribution is 0.102. The van der Waals surface area contributed by atoms with Crippen LogP contribution in [-0.2, 0) is 7.05 Å². The molecule has 0 saturated carbocycles. The van der Waals surface area contributed by atoms with Gasteiger partial charge in [-0.25, -0.2) is 15.0 Å². The maximum atomic E-state index is 13.0. The Morgan fingerprint density at radius 3 is 2.62 bits per heavy atom. The molecular formula is C26H29N7O. The van der Waals surface area contributed by atoms with Crippen molar-refractivity contribution in [3.05, 3.63) is 66.9 Å². The molecule has 1 N–H and O–H groups in total. The summed E-state index contributed by atoms with van der Waals surface area (Å²) in [4.78, 5) is 30.7. The van der Waals surface area contributed by atoms with Crippen LogP contribution in [0.25, 0.3) is 22.0 Å². The minimum atomic E-state index is -0.199. The monoisotopic (exact) mass is 455 g/mol. The van der Waals surface area contributed by atoms with Crippen molar-refractivity contribution in [1.29, 1.82) is 0 Å². The Morgan fingerprint density at radius 1 is 1.03 bits per heavy atom. The van der Waals surface area contributed by atoms with Gasteiger partial charge < -0.3 is 19.7 Å². The van der Waals surface area contributed by atoms with Crippen LogP contribution in [0.1, 0.15) is 23.2 Å². The predicted octanol–water partition coefficient (Wildman–Crippen LogP) is 3.81. The number of piperidine rings is 1. The fraction of sp³-hybridized carbons (Fsp3) is 0.308. The van der Waals surface area contributed by atoms with Crippen LogP contribution in [0.4, 0.5) is 11.6 Å². The maximum Gasteiger partial charge on any atom is 0.257 e. The molecule has 0 spiro atoms. The average Bonchev–Trinajstić information content (AvgIpc) is 3.29. The highest BCUT2D eigenvalue weighted by molar-refractivity contribution is 6.05. The van der Waals surface area contributed by atoms with Crippen LogP contribution in [0.3, 0.4) is 0 Å². The summed E-state index contributed by atoms with van der Waals surface area (Å²) in [6.07, 6.45) is 9.28. The van der Waals surface area contributed by atoms with Crippen LogP contribution >= 0.6 is 0 Å². The van der Waals surface area contributed by atoms with Crippen molar-refractivity contribution in [1.82, 2.24) is 24.4 Å². The fourth-order valence-corrected chi connectivity index (χ4v) is 4.51. The van der Waals surface area contributed by atoms with E-state index in [0.29, 0.717) is 17.4 Å². The summed E-state index contributed by atoms with van der Waals surface area (Å²) < 4.78 is 1.98. The van der Waals surface area contributed by atoms with E-state index in [-0.39, 0.29) is 5.91 Å². The third-order valence-corrected chi connectivity index (χ3v) is 6.68. The molecule has 0 aliphatic carbocycles. The summed E-state index contributed by atoms with van der Waals surface area (Å²) in [6, 6.07) is 12.1. The highest BCUT2D eigenvalue weighted by Gasteiger charge is 2.22. The van der Waals surface area contributed by atoms with E-state index in [4.69, 9.17) is 0 Å². The van der Waals surface area contributed by atoms with Crippen molar-refractivity contribution in [2.45, 2.75) is 18.9 Å². The van der Waals surface area contributed by atoms with Gasteiger partial charge in [0.05, 0.1) is 18.2 Å². The number of anilines is 2. The molecule has 0 atom stereocenters. The first-order valence-electron chi connectivity index (χ1n) is 11.5. The molecule has 8 nitrogen and oxygen atoms in total. The first-order chi connectivity index (χ1) is 16.5. The zero-order valence-electron chi connectivity index (χ0n) is 19.8. The van der Waals surface area contributed by atoms with Crippen molar-refractivity contribution < 1.29 is 4.79 Å². The molecule has 5 rings (SSSR count). The highest BCUT2D eigenvalue weighted by atomic mass is 16.1. The summed E-state index contributed by atoms with van der Waals surface area (Å²) in [7, 11) is 6.18. The fourth-order valence-electron chi connectivity index (χ4n) is 4.51. The van der Waals surface area contributed by atoms with E-state index in [1.54, 1.807) is 24.8 Å². The molecule has 1 saturated heterocycles. The Balaban J connectivity index is 1.34. The van der Waals surface area contributed by atoms with E-state index in [9.17, 15) is 4.79 Å². The number of benzene rings is 1. The molecule has 4 heterocycles. The number of fused-ring (bicyclic) bond motifs is 1. The third kappa shape index (κ3) is 4.49. The second-order valence-electron chi connectivity index (χ2n) is 9.02. The summed E-state index contributed by atoms with van der Waals surface area (Å²) >= 11 is 0. The SMILES string of the molecule is CN1CCC(N(C)c2cc(C(=O)Nc3cc4cc(-c5cncn5C)ccc4cn3)ccn2)CC1. The Morgan fingerprint density at radius 2 is 1.85 bits per heavy atom. The van der Waals surface area contributed by atoms with Crippen LogP contribution in [0.2, 0.25) is 0 Å². The molecule has 174 valence electrons. The standard InChI is InChI=1S/C26H29N7O/c1-31-10-7-22(8-11-31)33(3)25-14-19(6-9-28-25)26(34)30-24-13-21-12-18(4-5-20(21)15-29-24)23-16-27-17-32(23)2/h4-6,9,12-17,22H,7-8,10-11H2,1-3H3,(H,29,30,34). The lowest BCUT2D eigenvalue weighted by Gasteiger charge is -2.35. The van der Waals surface area contributed by atoms with E-state index >= 15 is 0 Å². The Labute approximate surface area is 199 Å². The Hall–Kier alpha value is -3.78. The van der Waals surface area contributed by atoms with Crippen LogP contribution < -0.4 is 10.2 Å². The number of carbonyl (C=O) groups is 1. The molecule has 1 aromatic carbocycles. The lowest BCUT2D eigenvalue weighted by atomic mass is 10.0. The van der Waals surface area contributed by atoms with Gasteiger partial charge in [-0.3, -0.25) is 4.79 Å². The van der Waals surface area contributed by atoms with Crippen molar-refractivity contribution in [3.8, 4) is 11.3 Å². The van der Waals surface area contributed by atoms with Gasteiger partial charge in [0.1, 0.15) is 11.6 Å². The average molecular weight is 456 g/mol. The molecule has 1 aliphatic rings. The van der Waals surface area contributed by atoms with Crippen molar-refractivity contribution in [2.75, 3.05) is 37.4 Å². The minimum Gasteiger partial charge on any atom is -0.357 e. The number of nitrogens with zero attached hydrogens (tertiary/aromatic N) is 6. The lowest BCUT2D eigenvalue weighted by Crippen LogP contribution is -2.42. The molecule has 34 heavy (non-hydrogen) atoms. The molecular weight excluding hydrogens is 426 g/mol.